The van der Waals surface area contributed by atoms with Gasteiger partial charge in [-0.05, 0) is 23.8 Å². The van der Waals surface area contributed by atoms with Crippen molar-refractivity contribution in [2.24, 2.45) is 0 Å². The number of hydrogen-bond acceptors (Lipinski definition) is 8. The number of carbonyl (C=O) groups excluding carboxylic acids is 3. The quantitative estimate of drug-likeness (QED) is 0.540. The number of nitrogens with zero attached hydrogens (tertiary/aromatic N) is 4. The first kappa shape index (κ1) is 26.8. The van der Waals surface area contributed by atoms with Crippen molar-refractivity contribution in [3.05, 3.63) is 58.8 Å². The molecule has 2 aromatic carbocycles. The molecule has 0 aromatic heterocycles. The van der Waals surface area contributed by atoms with Crippen LogP contribution in [-0.2, 0) is 16.1 Å². The molecule has 0 bridgehead atoms. The molecule has 41 heavy (non-hydrogen) atoms. The summed E-state index contributed by atoms with van der Waals surface area (Å²) in [5.41, 5.74) is 2.75. The van der Waals surface area contributed by atoms with Crippen LogP contribution in [-0.4, -0.2) is 105 Å². The van der Waals surface area contributed by atoms with Gasteiger partial charge >= 0.3 is 6.03 Å². The van der Waals surface area contributed by atoms with Crippen molar-refractivity contribution in [3.63, 3.8) is 0 Å². The SMILES string of the molecule is COc1cccc([C@H]2NC(=O)N(C)C3=C2C(=O)N(CC(=O)N2CCN(Cc4ccc5c(c4)OCO5)CC2)C3)c1OC. The van der Waals surface area contributed by atoms with Gasteiger partial charge in [-0.25, -0.2) is 4.79 Å². The minimum Gasteiger partial charge on any atom is -0.493 e. The number of methoxy groups -OCH3 is 2. The van der Waals surface area contributed by atoms with E-state index in [0.29, 0.717) is 41.4 Å². The van der Waals surface area contributed by atoms with Crippen LogP contribution in [0.2, 0.25) is 0 Å². The second kappa shape index (κ2) is 10.8. The van der Waals surface area contributed by atoms with Gasteiger partial charge in [0.05, 0.1) is 38.1 Å². The van der Waals surface area contributed by atoms with Crippen molar-refractivity contribution < 1.29 is 33.3 Å². The Morgan fingerprint density at radius 2 is 1.80 bits per heavy atom. The lowest BCUT2D eigenvalue weighted by Crippen LogP contribution is -2.51. The molecule has 1 saturated heterocycles. The summed E-state index contributed by atoms with van der Waals surface area (Å²) in [6.07, 6.45) is 0. The van der Waals surface area contributed by atoms with E-state index in [9.17, 15) is 14.4 Å². The molecule has 1 atom stereocenters. The van der Waals surface area contributed by atoms with Gasteiger partial charge in [0.25, 0.3) is 5.91 Å². The van der Waals surface area contributed by atoms with Gasteiger partial charge < -0.3 is 34.1 Å². The first-order chi connectivity index (χ1) is 19.9. The largest absolute Gasteiger partial charge is 0.493 e. The molecule has 1 N–H and O–H groups in total. The number of hydrogen-bond donors (Lipinski definition) is 1. The Labute approximate surface area is 238 Å². The van der Waals surface area contributed by atoms with Crippen molar-refractivity contribution in [1.82, 2.24) is 24.9 Å². The summed E-state index contributed by atoms with van der Waals surface area (Å²) in [6, 6.07) is 10.2. The minimum absolute atomic E-state index is 0.0575. The maximum atomic E-state index is 13.7. The van der Waals surface area contributed by atoms with Crippen LogP contribution in [0.5, 0.6) is 23.0 Å². The standard InChI is InChI=1S/C29H33N5O7/c1-31-20-15-34(28(36)25(20)26(30-29(31)37)19-5-4-6-22(38-2)27(19)39-3)16-24(35)33-11-9-32(10-12-33)14-18-7-8-21-23(13-18)41-17-40-21/h4-8,13,26H,9-12,14-17H2,1-3H3,(H,30,37)/t26-/m1/s1. The van der Waals surface area contributed by atoms with Gasteiger partial charge in [-0.2, -0.15) is 0 Å². The Bertz CT molecular complexity index is 1420. The smallest absolute Gasteiger partial charge is 0.322 e. The third kappa shape index (κ3) is 4.88. The average molecular weight is 564 g/mol. The summed E-state index contributed by atoms with van der Waals surface area (Å²) in [4.78, 5) is 46.9. The summed E-state index contributed by atoms with van der Waals surface area (Å²) in [6.45, 7) is 3.71. The molecule has 0 saturated carbocycles. The molecule has 0 radical (unpaired) electrons. The number of likely N-dealkylation sites (N-methyl/N-ethyl adjacent to an activating group) is 1. The monoisotopic (exact) mass is 563 g/mol. The van der Waals surface area contributed by atoms with E-state index in [4.69, 9.17) is 18.9 Å². The van der Waals surface area contributed by atoms with Crippen LogP contribution in [0.15, 0.2) is 47.7 Å². The zero-order valence-corrected chi connectivity index (χ0v) is 23.3. The lowest BCUT2D eigenvalue weighted by molar-refractivity contribution is -0.139. The molecule has 2 aromatic rings. The second-order valence-corrected chi connectivity index (χ2v) is 10.4. The van der Waals surface area contributed by atoms with E-state index in [1.807, 2.05) is 18.2 Å². The third-order valence-corrected chi connectivity index (χ3v) is 8.07. The summed E-state index contributed by atoms with van der Waals surface area (Å²) >= 11 is 0. The van der Waals surface area contributed by atoms with Crippen LogP contribution in [0, 0.1) is 0 Å². The number of ether oxygens (including phenoxy) is 4. The first-order valence-electron chi connectivity index (χ1n) is 13.5. The van der Waals surface area contributed by atoms with E-state index in [0.717, 1.165) is 36.7 Å². The Balaban J connectivity index is 1.11. The topological polar surface area (TPSA) is 113 Å². The van der Waals surface area contributed by atoms with E-state index >= 15 is 0 Å². The summed E-state index contributed by atoms with van der Waals surface area (Å²) in [5, 5.41) is 2.92. The second-order valence-electron chi connectivity index (χ2n) is 10.4. The van der Waals surface area contributed by atoms with Gasteiger partial charge in [0.1, 0.15) is 6.54 Å². The highest BCUT2D eigenvalue weighted by Gasteiger charge is 2.44. The van der Waals surface area contributed by atoms with E-state index < -0.39 is 6.04 Å². The fourth-order valence-electron chi connectivity index (χ4n) is 5.84. The predicted octanol–water partition coefficient (Wildman–Crippen LogP) is 1.57. The molecule has 12 nitrogen and oxygen atoms in total. The highest BCUT2D eigenvalue weighted by molar-refractivity contribution is 6.03. The van der Waals surface area contributed by atoms with Crippen LogP contribution in [0.3, 0.4) is 0 Å². The average Bonchev–Trinajstić information content (AvgIpc) is 3.59. The number of benzene rings is 2. The van der Waals surface area contributed by atoms with Gasteiger partial charge in [-0.3, -0.25) is 19.4 Å². The van der Waals surface area contributed by atoms with Crippen molar-refractivity contribution >= 4 is 17.8 Å². The van der Waals surface area contributed by atoms with Crippen molar-refractivity contribution in [2.75, 3.05) is 67.3 Å². The van der Waals surface area contributed by atoms with Crippen LogP contribution in [0.1, 0.15) is 17.2 Å². The maximum absolute atomic E-state index is 13.7. The highest BCUT2D eigenvalue weighted by atomic mass is 16.7. The van der Waals surface area contributed by atoms with Crippen LogP contribution in [0.25, 0.3) is 0 Å². The minimum atomic E-state index is -0.730. The van der Waals surface area contributed by atoms with Crippen LogP contribution < -0.4 is 24.3 Å². The highest BCUT2D eigenvalue weighted by Crippen LogP contribution is 2.42. The normalized spacial score (nSPS) is 20.4. The lowest BCUT2D eigenvalue weighted by atomic mass is 9.94. The van der Waals surface area contributed by atoms with E-state index in [2.05, 4.69) is 10.2 Å². The number of amides is 4. The molecule has 0 spiro atoms. The Morgan fingerprint density at radius 3 is 2.56 bits per heavy atom. The molecule has 216 valence electrons. The molecule has 0 aliphatic carbocycles. The van der Waals surface area contributed by atoms with Crippen LogP contribution in [0.4, 0.5) is 4.79 Å². The number of fused-ring (bicyclic) bond motifs is 1. The lowest BCUT2D eigenvalue weighted by Gasteiger charge is -2.35. The van der Waals surface area contributed by atoms with E-state index in [1.165, 1.54) is 24.0 Å². The van der Waals surface area contributed by atoms with Gasteiger partial charge in [-0.15, -0.1) is 0 Å². The van der Waals surface area contributed by atoms with Crippen molar-refractivity contribution in [3.8, 4) is 23.0 Å². The molecular weight excluding hydrogens is 530 g/mol. The maximum Gasteiger partial charge on any atom is 0.322 e. The first-order valence-corrected chi connectivity index (χ1v) is 13.5. The number of urea groups is 1. The van der Waals surface area contributed by atoms with E-state index in [1.54, 1.807) is 30.1 Å². The molecule has 4 amide bonds. The zero-order chi connectivity index (χ0) is 28.7. The molecule has 4 heterocycles. The summed E-state index contributed by atoms with van der Waals surface area (Å²) in [7, 11) is 4.68. The molecule has 1 fully saturated rings. The molecular formula is C29H33N5O7. The van der Waals surface area contributed by atoms with Gasteiger partial charge in [0.15, 0.2) is 23.0 Å². The predicted molar refractivity (Wildman–Crippen MR) is 147 cm³/mol. The third-order valence-electron chi connectivity index (χ3n) is 8.07. The summed E-state index contributed by atoms with van der Waals surface area (Å²) in [5.74, 6) is 2.07. The molecule has 12 heteroatoms. The van der Waals surface area contributed by atoms with Crippen molar-refractivity contribution in [2.45, 2.75) is 12.6 Å². The fourth-order valence-corrected chi connectivity index (χ4v) is 5.84. The van der Waals surface area contributed by atoms with Crippen molar-refractivity contribution in [1.29, 1.82) is 0 Å². The number of carbonyl (C=O) groups is 3. The number of piperazine rings is 1. The Morgan fingerprint density at radius 1 is 1.02 bits per heavy atom. The number of nitrogens with one attached hydrogen (secondary N) is 1. The molecule has 0 unspecified atom stereocenters. The number of rotatable bonds is 7. The van der Waals surface area contributed by atoms with Gasteiger partial charge in [0, 0.05) is 45.3 Å². The molecule has 4 aliphatic rings. The van der Waals surface area contributed by atoms with Crippen LogP contribution >= 0.6 is 0 Å². The number of para-hydroxylation sites is 1. The summed E-state index contributed by atoms with van der Waals surface area (Å²) < 4.78 is 21.9. The van der Waals surface area contributed by atoms with E-state index in [-0.39, 0.29) is 37.7 Å². The Kier molecular flexibility index (Phi) is 7.08. The Hall–Kier alpha value is -4.45. The zero-order valence-electron chi connectivity index (χ0n) is 23.3. The van der Waals surface area contributed by atoms with Gasteiger partial charge in [0.2, 0.25) is 12.7 Å². The molecule has 4 aliphatic heterocycles. The fraction of sp³-hybridized carbons (Fsp3) is 0.414. The van der Waals surface area contributed by atoms with Gasteiger partial charge in [-0.1, -0.05) is 18.2 Å². The molecule has 6 rings (SSSR count).